The molecule has 1 unspecified atom stereocenters. The number of aliphatic hydroxyl groups excluding tert-OH is 3. The Morgan fingerprint density at radius 3 is 2.40 bits per heavy atom. The standard InChI is InChI=1S/C13H17NO6/c14-11-10(17)9(16)8(6-15)20-13(11,19)12(18)7-4-2-1-3-5-7/h1-5,8-11,15-17,19H,6,14H2/t8-,9-,10+,11-,13?/m1/s1. The molecule has 0 spiro atoms. The molecule has 0 amide bonds. The molecule has 1 aliphatic rings. The summed E-state index contributed by atoms with van der Waals surface area (Å²) in [7, 11) is 0. The van der Waals surface area contributed by atoms with Gasteiger partial charge in [0.2, 0.25) is 11.6 Å². The van der Waals surface area contributed by atoms with Gasteiger partial charge in [-0.3, -0.25) is 4.79 Å². The summed E-state index contributed by atoms with van der Waals surface area (Å²) in [6, 6.07) is 6.27. The van der Waals surface area contributed by atoms with E-state index in [2.05, 4.69) is 0 Å². The maximum atomic E-state index is 12.3. The van der Waals surface area contributed by atoms with Gasteiger partial charge in [-0.25, -0.2) is 0 Å². The van der Waals surface area contributed by atoms with Crippen LogP contribution in [0.4, 0.5) is 0 Å². The molecule has 1 heterocycles. The SMILES string of the molecule is N[C@@H]1[C@@H](O)[C@H](O)[C@@H](CO)OC1(O)C(=O)c1ccccc1. The van der Waals surface area contributed by atoms with Crippen LogP contribution in [0.25, 0.3) is 0 Å². The lowest BCUT2D eigenvalue weighted by Gasteiger charge is -2.45. The van der Waals surface area contributed by atoms with E-state index in [1.165, 1.54) is 12.1 Å². The van der Waals surface area contributed by atoms with Gasteiger partial charge in [0.25, 0.3) is 0 Å². The number of aliphatic hydroxyl groups is 4. The number of rotatable bonds is 3. The second-order valence-electron chi connectivity index (χ2n) is 4.74. The highest BCUT2D eigenvalue weighted by Crippen LogP contribution is 2.29. The Balaban J connectivity index is 2.34. The first-order valence-electron chi connectivity index (χ1n) is 6.14. The van der Waals surface area contributed by atoms with Gasteiger partial charge in [-0.15, -0.1) is 0 Å². The van der Waals surface area contributed by atoms with E-state index in [1.54, 1.807) is 18.2 Å². The van der Waals surface area contributed by atoms with Crippen molar-refractivity contribution in [1.82, 2.24) is 0 Å². The summed E-state index contributed by atoms with van der Waals surface area (Å²) >= 11 is 0. The average molecular weight is 283 g/mol. The lowest BCUT2D eigenvalue weighted by molar-refractivity contribution is -0.286. The van der Waals surface area contributed by atoms with Crippen LogP contribution < -0.4 is 5.73 Å². The third kappa shape index (κ3) is 2.35. The van der Waals surface area contributed by atoms with Crippen LogP contribution in [0.15, 0.2) is 30.3 Å². The van der Waals surface area contributed by atoms with E-state index in [4.69, 9.17) is 15.6 Å². The molecular weight excluding hydrogens is 266 g/mol. The third-order valence-electron chi connectivity index (χ3n) is 3.42. The highest BCUT2D eigenvalue weighted by molar-refractivity contribution is 6.02. The summed E-state index contributed by atoms with van der Waals surface area (Å²) in [4.78, 5) is 12.3. The molecular formula is C13H17NO6. The molecule has 1 aromatic rings. The third-order valence-corrected chi connectivity index (χ3v) is 3.42. The van der Waals surface area contributed by atoms with Crippen molar-refractivity contribution in [3.8, 4) is 0 Å². The molecule has 1 fully saturated rings. The largest absolute Gasteiger partial charge is 0.394 e. The minimum absolute atomic E-state index is 0.144. The highest BCUT2D eigenvalue weighted by atomic mass is 16.7. The van der Waals surface area contributed by atoms with Gasteiger partial charge in [0.1, 0.15) is 18.3 Å². The average Bonchev–Trinajstić information content (AvgIpc) is 2.49. The minimum Gasteiger partial charge on any atom is -0.394 e. The van der Waals surface area contributed by atoms with E-state index in [1.807, 2.05) is 0 Å². The van der Waals surface area contributed by atoms with Crippen molar-refractivity contribution in [3.63, 3.8) is 0 Å². The van der Waals surface area contributed by atoms with Gasteiger partial charge in [-0.1, -0.05) is 30.3 Å². The van der Waals surface area contributed by atoms with Gasteiger partial charge < -0.3 is 30.9 Å². The first kappa shape index (κ1) is 15.0. The van der Waals surface area contributed by atoms with Crippen LogP contribution in [-0.2, 0) is 4.74 Å². The van der Waals surface area contributed by atoms with Gasteiger partial charge >= 0.3 is 0 Å². The van der Waals surface area contributed by atoms with Crippen LogP contribution in [0.3, 0.4) is 0 Å². The van der Waals surface area contributed by atoms with Gasteiger partial charge in [0.15, 0.2) is 0 Å². The maximum absolute atomic E-state index is 12.3. The minimum atomic E-state index is -2.51. The second-order valence-corrected chi connectivity index (χ2v) is 4.74. The Hall–Kier alpha value is -1.35. The molecule has 2 rings (SSSR count). The summed E-state index contributed by atoms with van der Waals surface area (Å²) in [5, 5.41) is 38.9. The summed E-state index contributed by atoms with van der Waals surface area (Å²) in [6.07, 6.45) is -4.39. The molecule has 110 valence electrons. The predicted molar refractivity (Wildman–Crippen MR) is 67.7 cm³/mol. The first-order valence-corrected chi connectivity index (χ1v) is 6.14. The lowest BCUT2D eigenvalue weighted by atomic mass is 9.86. The van der Waals surface area contributed by atoms with Crippen molar-refractivity contribution in [2.75, 3.05) is 6.61 Å². The van der Waals surface area contributed by atoms with E-state index in [9.17, 15) is 20.1 Å². The number of carbonyl (C=O) groups excluding carboxylic acids is 1. The number of benzene rings is 1. The normalized spacial score (nSPS) is 37.6. The van der Waals surface area contributed by atoms with Crippen LogP contribution in [0.1, 0.15) is 10.4 Å². The fourth-order valence-corrected chi connectivity index (χ4v) is 2.19. The van der Waals surface area contributed by atoms with Crippen molar-refractivity contribution in [1.29, 1.82) is 0 Å². The van der Waals surface area contributed by atoms with Crippen molar-refractivity contribution >= 4 is 5.78 Å². The van der Waals surface area contributed by atoms with Crippen molar-refractivity contribution in [2.45, 2.75) is 30.1 Å². The highest BCUT2D eigenvalue weighted by Gasteiger charge is 2.55. The van der Waals surface area contributed by atoms with E-state index in [0.717, 1.165) is 0 Å². The number of Topliss-reactive ketones (excluding diaryl/α,β-unsaturated/α-hetero) is 1. The van der Waals surface area contributed by atoms with Crippen LogP contribution in [0.5, 0.6) is 0 Å². The Labute approximate surface area is 115 Å². The van der Waals surface area contributed by atoms with Gasteiger partial charge in [-0.2, -0.15) is 0 Å². The molecule has 1 aliphatic heterocycles. The number of ether oxygens (including phenoxy) is 1. The van der Waals surface area contributed by atoms with Gasteiger partial charge in [-0.05, 0) is 0 Å². The Morgan fingerprint density at radius 1 is 1.25 bits per heavy atom. The van der Waals surface area contributed by atoms with Crippen LogP contribution >= 0.6 is 0 Å². The Bertz CT molecular complexity index is 479. The summed E-state index contributed by atoms with van der Waals surface area (Å²) in [6.45, 7) is -0.671. The monoisotopic (exact) mass is 283 g/mol. The summed E-state index contributed by atoms with van der Waals surface area (Å²) in [5.74, 6) is -3.34. The molecule has 1 saturated heterocycles. The van der Waals surface area contributed by atoms with Crippen molar-refractivity contribution in [3.05, 3.63) is 35.9 Å². The first-order chi connectivity index (χ1) is 9.41. The Kier molecular flexibility index (Phi) is 4.19. The van der Waals surface area contributed by atoms with Crippen LogP contribution in [0, 0.1) is 0 Å². The molecule has 0 aliphatic carbocycles. The Morgan fingerprint density at radius 2 is 1.85 bits per heavy atom. The van der Waals surface area contributed by atoms with Gasteiger partial charge in [0, 0.05) is 5.56 Å². The zero-order chi connectivity index (χ0) is 14.9. The predicted octanol–water partition coefficient (Wildman–Crippen LogP) is -2.00. The second kappa shape index (κ2) is 5.57. The van der Waals surface area contributed by atoms with E-state index >= 15 is 0 Å². The lowest BCUT2D eigenvalue weighted by Crippen LogP contribution is -2.71. The molecule has 5 atom stereocenters. The van der Waals surface area contributed by atoms with E-state index in [0.29, 0.717) is 0 Å². The molecule has 0 aromatic heterocycles. The quantitative estimate of drug-likeness (QED) is 0.405. The maximum Gasteiger partial charge on any atom is 0.250 e. The number of carbonyl (C=O) groups is 1. The fraction of sp³-hybridized carbons (Fsp3) is 0.462. The zero-order valence-electron chi connectivity index (χ0n) is 10.6. The van der Waals surface area contributed by atoms with Gasteiger partial charge in [0.05, 0.1) is 12.6 Å². The topological polar surface area (TPSA) is 133 Å². The number of hydrogen-bond acceptors (Lipinski definition) is 7. The van der Waals surface area contributed by atoms with E-state index in [-0.39, 0.29) is 5.56 Å². The molecule has 0 radical (unpaired) electrons. The fourth-order valence-electron chi connectivity index (χ4n) is 2.19. The molecule has 0 bridgehead atoms. The molecule has 1 aromatic carbocycles. The smallest absolute Gasteiger partial charge is 0.250 e. The van der Waals surface area contributed by atoms with Crippen LogP contribution in [-0.4, -0.2) is 63.0 Å². The number of hydrogen-bond donors (Lipinski definition) is 5. The molecule has 0 saturated carbocycles. The van der Waals surface area contributed by atoms with Crippen molar-refractivity contribution in [2.24, 2.45) is 5.73 Å². The molecule has 6 N–H and O–H groups in total. The summed E-state index contributed by atoms with van der Waals surface area (Å²) < 4.78 is 5.06. The molecule has 7 nitrogen and oxygen atoms in total. The molecule has 20 heavy (non-hydrogen) atoms. The van der Waals surface area contributed by atoms with Crippen LogP contribution in [0.2, 0.25) is 0 Å². The van der Waals surface area contributed by atoms with Crippen molar-refractivity contribution < 1.29 is 30.0 Å². The number of ketones is 1. The zero-order valence-corrected chi connectivity index (χ0v) is 10.6. The number of nitrogens with two attached hydrogens (primary N) is 1. The summed E-state index contributed by atoms with van der Waals surface area (Å²) in [5.41, 5.74) is 5.76. The van der Waals surface area contributed by atoms with E-state index < -0.39 is 42.5 Å². The molecule has 7 heteroatoms.